The first-order valence-electron chi connectivity index (χ1n) is 9.78. The standard InChI is InChI=1S/C21H26ClN3O5/c1-21(2,3)30-20(28)24-8-7-23-16-9-13-17(10-15(16)22)25(12-5-6-12)11-14(18(13)26)19(27)29-4/h9-12,23H,5-8H2,1-4H3,(H,24,28). The molecule has 1 heterocycles. The van der Waals surface area contributed by atoms with Crippen molar-refractivity contribution in [2.45, 2.75) is 45.3 Å². The molecule has 0 atom stereocenters. The summed E-state index contributed by atoms with van der Waals surface area (Å²) in [5.41, 5.74) is 0.240. The molecule has 0 aliphatic heterocycles. The molecule has 0 bridgehead atoms. The number of halogens is 1. The van der Waals surface area contributed by atoms with Gasteiger partial charge in [-0.15, -0.1) is 0 Å². The van der Waals surface area contributed by atoms with E-state index in [-0.39, 0.29) is 11.6 Å². The van der Waals surface area contributed by atoms with Gasteiger partial charge in [0.05, 0.1) is 23.3 Å². The van der Waals surface area contributed by atoms with E-state index in [0.717, 1.165) is 12.8 Å². The maximum atomic E-state index is 12.9. The summed E-state index contributed by atoms with van der Waals surface area (Å²) in [6, 6.07) is 3.60. The molecule has 1 aliphatic carbocycles. The lowest BCUT2D eigenvalue weighted by atomic mass is 10.1. The van der Waals surface area contributed by atoms with E-state index in [1.54, 1.807) is 39.1 Å². The first-order valence-corrected chi connectivity index (χ1v) is 10.2. The SMILES string of the molecule is COC(=O)c1cn(C2CC2)c2cc(Cl)c(NCCNC(=O)OC(C)(C)C)cc2c1=O. The van der Waals surface area contributed by atoms with Crippen molar-refractivity contribution in [1.29, 1.82) is 0 Å². The highest BCUT2D eigenvalue weighted by Crippen LogP contribution is 2.38. The topological polar surface area (TPSA) is 98.7 Å². The zero-order valence-corrected chi connectivity index (χ0v) is 18.3. The predicted octanol–water partition coefficient (Wildman–Crippen LogP) is 3.71. The number of ether oxygens (including phenoxy) is 2. The van der Waals surface area contributed by atoms with Crippen molar-refractivity contribution in [2.75, 3.05) is 25.5 Å². The largest absolute Gasteiger partial charge is 0.465 e. The number of alkyl carbamates (subject to hydrolysis) is 1. The van der Waals surface area contributed by atoms with Crippen LogP contribution in [0.5, 0.6) is 0 Å². The van der Waals surface area contributed by atoms with Gasteiger partial charge in [-0.05, 0) is 45.7 Å². The molecule has 1 aromatic heterocycles. The molecule has 0 unspecified atom stereocenters. The molecule has 8 nitrogen and oxygen atoms in total. The van der Waals surface area contributed by atoms with Crippen LogP contribution < -0.4 is 16.1 Å². The number of esters is 1. The first kappa shape index (κ1) is 22.0. The van der Waals surface area contributed by atoms with Crippen molar-refractivity contribution in [2.24, 2.45) is 0 Å². The van der Waals surface area contributed by atoms with E-state index in [0.29, 0.717) is 34.7 Å². The quantitative estimate of drug-likeness (QED) is 0.530. The third-order valence-electron chi connectivity index (χ3n) is 4.58. The van der Waals surface area contributed by atoms with Crippen LogP contribution in [0.2, 0.25) is 5.02 Å². The number of hydrogen-bond donors (Lipinski definition) is 2. The second-order valence-corrected chi connectivity index (χ2v) is 8.61. The van der Waals surface area contributed by atoms with Gasteiger partial charge in [0.25, 0.3) is 0 Å². The summed E-state index contributed by atoms with van der Waals surface area (Å²) < 4.78 is 11.9. The van der Waals surface area contributed by atoms with Crippen molar-refractivity contribution >= 4 is 40.3 Å². The zero-order chi connectivity index (χ0) is 22.1. The number of pyridine rings is 1. The number of methoxy groups -OCH3 is 1. The molecule has 0 radical (unpaired) electrons. The van der Waals surface area contributed by atoms with Gasteiger partial charge in [0.1, 0.15) is 11.2 Å². The van der Waals surface area contributed by atoms with Crippen LogP contribution in [0.4, 0.5) is 10.5 Å². The van der Waals surface area contributed by atoms with Gasteiger partial charge in [0.15, 0.2) is 0 Å². The fraction of sp³-hybridized carbons (Fsp3) is 0.476. The molecule has 1 aromatic carbocycles. The molecule has 9 heteroatoms. The Morgan fingerprint density at radius 1 is 1.23 bits per heavy atom. The molecule has 1 aliphatic rings. The third-order valence-corrected chi connectivity index (χ3v) is 4.89. The number of anilines is 1. The van der Waals surface area contributed by atoms with E-state index < -0.39 is 23.1 Å². The monoisotopic (exact) mass is 435 g/mol. The Labute approximate surface area is 179 Å². The highest BCUT2D eigenvalue weighted by molar-refractivity contribution is 6.34. The normalized spacial score (nSPS) is 13.8. The molecular formula is C21H26ClN3O5. The van der Waals surface area contributed by atoms with Gasteiger partial charge < -0.3 is 24.7 Å². The van der Waals surface area contributed by atoms with E-state index >= 15 is 0 Å². The Morgan fingerprint density at radius 3 is 2.53 bits per heavy atom. The van der Waals surface area contributed by atoms with Crippen molar-refractivity contribution in [3.8, 4) is 0 Å². The van der Waals surface area contributed by atoms with E-state index in [4.69, 9.17) is 21.1 Å². The lowest BCUT2D eigenvalue weighted by molar-refractivity contribution is 0.0528. The van der Waals surface area contributed by atoms with E-state index in [1.165, 1.54) is 7.11 Å². The van der Waals surface area contributed by atoms with Crippen LogP contribution in [0.25, 0.3) is 10.9 Å². The van der Waals surface area contributed by atoms with Gasteiger partial charge in [-0.25, -0.2) is 9.59 Å². The van der Waals surface area contributed by atoms with Crippen molar-refractivity contribution in [1.82, 2.24) is 9.88 Å². The summed E-state index contributed by atoms with van der Waals surface area (Å²) in [7, 11) is 1.25. The third kappa shape index (κ3) is 5.05. The molecule has 1 saturated carbocycles. The smallest absolute Gasteiger partial charge is 0.407 e. The van der Waals surface area contributed by atoms with Crippen LogP contribution in [-0.4, -0.2) is 42.4 Å². The number of amides is 1. The van der Waals surface area contributed by atoms with Gasteiger partial charge in [-0.1, -0.05) is 11.6 Å². The highest BCUT2D eigenvalue weighted by Gasteiger charge is 2.27. The average molecular weight is 436 g/mol. The summed E-state index contributed by atoms with van der Waals surface area (Å²) in [5, 5.41) is 6.59. The lowest BCUT2D eigenvalue weighted by Gasteiger charge is -2.20. The van der Waals surface area contributed by atoms with Crippen LogP contribution in [-0.2, 0) is 9.47 Å². The van der Waals surface area contributed by atoms with Crippen LogP contribution in [0.3, 0.4) is 0 Å². The number of carbonyl (C=O) groups is 2. The summed E-state index contributed by atoms with van der Waals surface area (Å²) >= 11 is 6.43. The fourth-order valence-electron chi connectivity index (χ4n) is 3.09. The van der Waals surface area contributed by atoms with Gasteiger partial charge in [-0.2, -0.15) is 0 Å². The number of carbonyl (C=O) groups excluding carboxylic acids is 2. The molecule has 1 fully saturated rings. The van der Waals surface area contributed by atoms with Crippen LogP contribution in [0.15, 0.2) is 23.1 Å². The minimum atomic E-state index is -0.665. The maximum absolute atomic E-state index is 12.9. The molecule has 2 aromatic rings. The molecule has 0 saturated heterocycles. The van der Waals surface area contributed by atoms with Crippen molar-refractivity contribution in [3.63, 3.8) is 0 Å². The number of nitrogens with one attached hydrogen (secondary N) is 2. The van der Waals surface area contributed by atoms with Crippen LogP contribution in [0, 0.1) is 0 Å². The Kier molecular flexibility index (Phi) is 6.26. The summed E-state index contributed by atoms with van der Waals surface area (Å²) in [6.45, 7) is 6.04. The molecule has 2 N–H and O–H groups in total. The maximum Gasteiger partial charge on any atom is 0.407 e. The molecule has 1 amide bonds. The zero-order valence-electron chi connectivity index (χ0n) is 17.5. The van der Waals surface area contributed by atoms with Gasteiger partial charge in [0.2, 0.25) is 5.43 Å². The molecule has 162 valence electrons. The average Bonchev–Trinajstić information content (AvgIpc) is 3.49. The summed E-state index contributed by atoms with van der Waals surface area (Å²) in [6.07, 6.45) is 3.01. The Hall–Kier alpha value is -2.74. The first-order chi connectivity index (χ1) is 14.1. The molecular weight excluding hydrogens is 410 g/mol. The predicted molar refractivity (Wildman–Crippen MR) is 116 cm³/mol. The van der Waals surface area contributed by atoms with Gasteiger partial charge in [-0.3, -0.25) is 4.79 Å². The van der Waals surface area contributed by atoms with Crippen LogP contribution in [0.1, 0.15) is 50.0 Å². The lowest BCUT2D eigenvalue weighted by Crippen LogP contribution is -2.35. The summed E-state index contributed by atoms with van der Waals surface area (Å²) in [4.78, 5) is 36.7. The molecule has 0 spiro atoms. The number of aromatic nitrogens is 1. The van der Waals surface area contributed by atoms with Gasteiger partial charge >= 0.3 is 12.1 Å². The van der Waals surface area contributed by atoms with Gasteiger partial charge in [0, 0.05) is 30.7 Å². The van der Waals surface area contributed by atoms with E-state index in [2.05, 4.69) is 10.6 Å². The van der Waals surface area contributed by atoms with Crippen molar-refractivity contribution < 1.29 is 19.1 Å². The van der Waals surface area contributed by atoms with E-state index in [9.17, 15) is 14.4 Å². The number of nitrogens with zero attached hydrogens (tertiary/aromatic N) is 1. The number of fused-ring (bicyclic) bond motifs is 1. The van der Waals surface area contributed by atoms with Crippen molar-refractivity contribution in [3.05, 3.63) is 39.1 Å². The minimum absolute atomic E-state index is 0.00300. The molecule has 3 rings (SSSR count). The second-order valence-electron chi connectivity index (χ2n) is 8.21. The number of benzene rings is 1. The Balaban J connectivity index is 1.82. The van der Waals surface area contributed by atoms with Crippen LogP contribution >= 0.6 is 11.6 Å². The second kappa shape index (κ2) is 8.55. The minimum Gasteiger partial charge on any atom is -0.465 e. The summed E-state index contributed by atoms with van der Waals surface area (Å²) in [5.74, 6) is -0.665. The highest BCUT2D eigenvalue weighted by atomic mass is 35.5. The Bertz CT molecular complexity index is 1040. The van der Waals surface area contributed by atoms with E-state index in [1.807, 2.05) is 4.57 Å². The Morgan fingerprint density at radius 2 is 1.93 bits per heavy atom. The number of rotatable bonds is 6. The number of hydrogen-bond acceptors (Lipinski definition) is 6. The fourth-order valence-corrected chi connectivity index (χ4v) is 3.32. The molecule has 30 heavy (non-hydrogen) atoms.